The molecule has 0 saturated carbocycles. The molecule has 0 aliphatic carbocycles. The summed E-state index contributed by atoms with van der Waals surface area (Å²) in [6.07, 6.45) is 16.3. The number of hydrogen-bond acceptors (Lipinski definition) is 1. The maximum absolute atomic E-state index is 2.67. The van der Waals surface area contributed by atoms with Gasteiger partial charge in [0.05, 0.1) is 0 Å². The van der Waals surface area contributed by atoms with Crippen LogP contribution in [0.5, 0.6) is 0 Å². The van der Waals surface area contributed by atoms with Gasteiger partial charge in [-0.05, 0) is 24.5 Å². The van der Waals surface area contributed by atoms with Crippen LogP contribution in [0.3, 0.4) is 0 Å². The molecule has 0 saturated heterocycles. The molecule has 29 heavy (non-hydrogen) atoms. The molecule has 0 aliphatic heterocycles. The number of para-hydroxylation sites is 1. The van der Waals surface area contributed by atoms with E-state index < -0.39 is 0 Å². The second-order valence-corrected chi connectivity index (χ2v) is 8.41. The monoisotopic (exact) mass is 393 g/mol. The fourth-order valence-corrected chi connectivity index (χ4v) is 4.13. The molecule has 0 atom stereocenters. The molecule has 0 unspecified atom stereocenters. The number of anilines is 1. The molecule has 0 aromatic heterocycles. The number of hydrogen-bond donors (Lipinski definition) is 0. The first-order valence-corrected chi connectivity index (χ1v) is 12.3. The lowest BCUT2D eigenvalue weighted by Gasteiger charge is -2.27. The highest BCUT2D eigenvalue weighted by Crippen LogP contribution is 2.31. The van der Waals surface area contributed by atoms with Gasteiger partial charge >= 0.3 is 0 Å². The van der Waals surface area contributed by atoms with Gasteiger partial charge in [-0.2, -0.15) is 0 Å². The zero-order valence-corrected chi connectivity index (χ0v) is 19.0. The Hall–Kier alpha value is -1.76. The second-order valence-electron chi connectivity index (χ2n) is 8.41. The van der Waals surface area contributed by atoms with Crippen LogP contribution in [0.2, 0.25) is 0 Å². The summed E-state index contributed by atoms with van der Waals surface area (Å²) >= 11 is 0. The minimum atomic E-state index is 1.19. The van der Waals surface area contributed by atoms with Gasteiger partial charge in [0.15, 0.2) is 0 Å². The summed E-state index contributed by atoms with van der Waals surface area (Å²) in [5, 5.41) is 0. The van der Waals surface area contributed by atoms with Crippen molar-refractivity contribution in [1.29, 1.82) is 0 Å². The van der Waals surface area contributed by atoms with Crippen molar-refractivity contribution in [2.75, 3.05) is 18.0 Å². The summed E-state index contributed by atoms with van der Waals surface area (Å²) in [7, 11) is 0. The Kier molecular flexibility index (Phi) is 12.3. The Morgan fingerprint density at radius 1 is 0.517 bits per heavy atom. The summed E-state index contributed by atoms with van der Waals surface area (Å²) in [6.45, 7) is 6.96. The van der Waals surface area contributed by atoms with Crippen molar-refractivity contribution < 1.29 is 0 Å². The van der Waals surface area contributed by atoms with Crippen molar-refractivity contribution in [3.63, 3.8) is 0 Å². The topological polar surface area (TPSA) is 3.24 Å². The molecule has 0 aliphatic rings. The van der Waals surface area contributed by atoms with Gasteiger partial charge in [-0.3, -0.25) is 0 Å². The maximum atomic E-state index is 2.67. The highest BCUT2D eigenvalue weighted by Gasteiger charge is 2.12. The average molecular weight is 394 g/mol. The molecule has 2 aromatic rings. The highest BCUT2D eigenvalue weighted by molar-refractivity contribution is 5.78. The van der Waals surface area contributed by atoms with Crippen LogP contribution in [0.15, 0.2) is 54.6 Å². The van der Waals surface area contributed by atoms with Gasteiger partial charge in [0.2, 0.25) is 0 Å². The molecule has 0 N–H and O–H groups in total. The molecule has 160 valence electrons. The van der Waals surface area contributed by atoms with E-state index >= 15 is 0 Å². The molecule has 2 rings (SSSR count). The number of nitrogens with zero attached hydrogens (tertiary/aromatic N) is 1. The quantitative estimate of drug-likeness (QED) is 0.257. The lowest BCUT2D eigenvalue weighted by Crippen LogP contribution is -2.26. The molecule has 1 heteroatoms. The van der Waals surface area contributed by atoms with Gasteiger partial charge in [0, 0.05) is 24.3 Å². The van der Waals surface area contributed by atoms with E-state index in [0.29, 0.717) is 0 Å². The zero-order chi connectivity index (χ0) is 20.6. The van der Waals surface area contributed by atoms with E-state index in [0.717, 1.165) is 0 Å². The molecule has 1 nitrogen and oxygen atoms in total. The Balaban J connectivity index is 2.00. The zero-order valence-electron chi connectivity index (χ0n) is 19.0. The van der Waals surface area contributed by atoms with Gasteiger partial charge < -0.3 is 4.90 Å². The minimum Gasteiger partial charge on any atom is -0.371 e. The summed E-state index contributed by atoms with van der Waals surface area (Å²) in [4.78, 5) is 2.67. The second kappa shape index (κ2) is 15.1. The van der Waals surface area contributed by atoms with E-state index in [4.69, 9.17) is 0 Å². The standard InChI is InChI=1S/C28H43N/c1-3-5-7-9-11-18-24-29(25-19-12-10-8-6-4-2)28-23-17-16-22-27(28)26-20-14-13-15-21-26/h13-17,20-23H,3-12,18-19,24-25H2,1-2H3. The normalized spacial score (nSPS) is 11.0. The van der Waals surface area contributed by atoms with Gasteiger partial charge in [-0.25, -0.2) is 0 Å². The molecular weight excluding hydrogens is 350 g/mol. The smallest absolute Gasteiger partial charge is 0.0445 e. The summed E-state index contributed by atoms with van der Waals surface area (Å²) < 4.78 is 0. The number of rotatable bonds is 16. The van der Waals surface area contributed by atoms with Gasteiger partial charge in [-0.1, -0.05) is 127 Å². The van der Waals surface area contributed by atoms with Crippen LogP contribution in [0.1, 0.15) is 90.9 Å². The molecule has 0 bridgehead atoms. The van der Waals surface area contributed by atoms with Crippen LogP contribution in [-0.4, -0.2) is 13.1 Å². The summed E-state index contributed by atoms with van der Waals surface area (Å²) in [5.41, 5.74) is 4.13. The summed E-state index contributed by atoms with van der Waals surface area (Å²) in [6, 6.07) is 19.9. The van der Waals surface area contributed by atoms with Crippen LogP contribution in [-0.2, 0) is 0 Å². The predicted octanol–water partition coefficient (Wildman–Crippen LogP) is 8.88. The van der Waals surface area contributed by atoms with E-state index in [2.05, 4.69) is 73.3 Å². The van der Waals surface area contributed by atoms with Crippen LogP contribution in [0.4, 0.5) is 5.69 Å². The Labute approximate surface area is 180 Å². The van der Waals surface area contributed by atoms with Gasteiger partial charge in [0.25, 0.3) is 0 Å². The third-order valence-corrected chi connectivity index (χ3v) is 5.89. The van der Waals surface area contributed by atoms with E-state index in [9.17, 15) is 0 Å². The highest BCUT2D eigenvalue weighted by atomic mass is 15.1. The average Bonchev–Trinajstić information content (AvgIpc) is 2.77. The van der Waals surface area contributed by atoms with E-state index in [1.165, 1.54) is 107 Å². The maximum Gasteiger partial charge on any atom is 0.0445 e. The fraction of sp³-hybridized carbons (Fsp3) is 0.571. The van der Waals surface area contributed by atoms with Gasteiger partial charge in [-0.15, -0.1) is 0 Å². The molecule has 0 spiro atoms. The summed E-state index contributed by atoms with van der Waals surface area (Å²) in [5.74, 6) is 0. The first kappa shape index (κ1) is 23.5. The predicted molar refractivity (Wildman–Crippen MR) is 131 cm³/mol. The van der Waals surface area contributed by atoms with Gasteiger partial charge in [0.1, 0.15) is 0 Å². The van der Waals surface area contributed by atoms with E-state index in [-0.39, 0.29) is 0 Å². The van der Waals surface area contributed by atoms with Crippen molar-refractivity contribution in [2.24, 2.45) is 0 Å². The largest absolute Gasteiger partial charge is 0.371 e. The van der Waals surface area contributed by atoms with E-state index in [1.54, 1.807) is 0 Å². The van der Waals surface area contributed by atoms with Crippen LogP contribution in [0.25, 0.3) is 11.1 Å². The van der Waals surface area contributed by atoms with Crippen molar-refractivity contribution in [2.45, 2.75) is 90.9 Å². The third kappa shape index (κ3) is 9.07. The lowest BCUT2D eigenvalue weighted by molar-refractivity contribution is 0.575. The molecule has 0 fully saturated rings. The first-order chi connectivity index (χ1) is 14.4. The van der Waals surface area contributed by atoms with Crippen molar-refractivity contribution >= 4 is 5.69 Å². The first-order valence-electron chi connectivity index (χ1n) is 12.3. The SMILES string of the molecule is CCCCCCCCN(CCCCCCCC)c1ccccc1-c1ccccc1. The van der Waals surface area contributed by atoms with Crippen molar-refractivity contribution in [3.8, 4) is 11.1 Å². The molecule has 0 radical (unpaired) electrons. The van der Waals surface area contributed by atoms with Crippen molar-refractivity contribution in [3.05, 3.63) is 54.6 Å². The van der Waals surface area contributed by atoms with Crippen LogP contribution >= 0.6 is 0 Å². The number of unbranched alkanes of at least 4 members (excludes halogenated alkanes) is 10. The lowest BCUT2D eigenvalue weighted by atomic mass is 10.0. The minimum absolute atomic E-state index is 1.19. The number of benzene rings is 2. The van der Waals surface area contributed by atoms with Crippen LogP contribution in [0, 0.1) is 0 Å². The Morgan fingerprint density at radius 3 is 1.59 bits per heavy atom. The third-order valence-electron chi connectivity index (χ3n) is 5.89. The fourth-order valence-electron chi connectivity index (χ4n) is 4.13. The van der Waals surface area contributed by atoms with E-state index in [1.807, 2.05) is 0 Å². The Bertz CT molecular complexity index is 618. The molecule has 2 aromatic carbocycles. The Morgan fingerprint density at radius 2 is 1.00 bits per heavy atom. The van der Waals surface area contributed by atoms with Crippen LogP contribution < -0.4 is 4.90 Å². The molecule has 0 amide bonds. The van der Waals surface area contributed by atoms with Crippen molar-refractivity contribution in [1.82, 2.24) is 0 Å². The molecular formula is C28H43N. The molecule has 0 heterocycles.